The molecule has 0 fully saturated rings. The maximum atomic E-state index is 12.2. The van der Waals surface area contributed by atoms with Gasteiger partial charge in [-0.3, -0.25) is 14.9 Å². The molecular weight excluding hydrogens is 425 g/mol. The molecule has 0 atom stereocenters. The summed E-state index contributed by atoms with van der Waals surface area (Å²) in [6, 6.07) is 6.40. The number of H-pyrrole nitrogens is 1. The highest BCUT2D eigenvalue weighted by Crippen LogP contribution is 2.34. The third-order valence-corrected chi connectivity index (χ3v) is 4.43. The van der Waals surface area contributed by atoms with Gasteiger partial charge in [-0.1, -0.05) is 29.3 Å². The second-order valence-electron chi connectivity index (χ2n) is 5.76. The number of aromatic amines is 1. The van der Waals surface area contributed by atoms with Crippen molar-refractivity contribution in [2.75, 3.05) is 5.32 Å². The lowest BCUT2D eigenvalue weighted by atomic mass is 10.1. The van der Waals surface area contributed by atoms with Gasteiger partial charge in [0.1, 0.15) is 5.69 Å². The number of amides is 1. The normalized spacial score (nSPS) is 11.1. The molecule has 148 valence electrons. The van der Waals surface area contributed by atoms with Crippen LogP contribution in [0, 0.1) is 10.1 Å². The van der Waals surface area contributed by atoms with Gasteiger partial charge >= 0.3 is 5.97 Å². The van der Waals surface area contributed by atoms with Gasteiger partial charge in [-0.25, -0.2) is 4.79 Å². The highest BCUT2D eigenvalue weighted by atomic mass is 35.5. The molecule has 0 aliphatic heterocycles. The minimum absolute atomic E-state index is 0.130. The van der Waals surface area contributed by atoms with E-state index in [0.29, 0.717) is 15.9 Å². The van der Waals surface area contributed by atoms with E-state index in [2.05, 4.69) is 10.3 Å². The fourth-order valence-electron chi connectivity index (χ4n) is 2.71. The molecule has 3 aromatic rings. The first-order chi connectivity index (χ1) is 13.7. The minimum atomic E-state index is -1.28. The Balaban J connectivity index is 1.96. The van der Waals surface area contributed by atoms with E-state index < -0.39 is 28.2 Å². The van der Waals surface area contributed by atoms with Gasteiger partial charge in [0, 0.05) is 39.3 Å². The number of rotatable bonds is 5. The maximum absolute atomic E-state index is 12.2. The molecule has 1 heterocycles. The molecule has 0 spiro atoms. The average molecular weight is 435 g/mol. The maximum Gasteiger partial charge on any atom is 0.352 e. The predicted octanol–water partition coefficient (Wildman–Crippen LogP) is 3.81. The molecule has 0 saturated heterocycles. The summed E-state index contributed by atoms with van der Waals surface area (Å²) in [6.07, 6.45) is 2.19. The number of nitro benzene ring substituents is 1. The number of aromatic carboxylic acids is 1. The van der Waals surface area contributed by atoms with E-state index in [4.69, 9.17) is 23.2 Å². The number of benzene rings is 2. The molecule has 29 heavy (non-hydrogen) atoms. The average Bonchev–Trinajstić information content (AvgIpc) is 3.00. The monoisotopic (exact) mass is 434 g/mol. The zero-order valence-electron chi connectivity index (χ0n) is 14.2. The summed E-state index contributed by atoms with van der Waals surface area (Å²) < 4.78 is 0. The van der Waals surface area contributed by atoms with Crippen molar-refractivity contribution < 1.29 is 24.7 Å². The highest BCUT2D eigenvalue weighted by molar-refractivity contribution is 6.39. The zero-order chi connectivity index (χ0) is 21.3. The van der Waals surface area contributed by atoms with E-state index in [-0.39, 0.29) is 22.0 Å². The van der Waals surface area contributed by atoms with Crippen molar-refractivity contribution in [1.29, 1.82) is 0 Å². The number of nitrogens with zero attached hydrogens (tertiary/aromatic N) is 1. The fraction of sp³-hybridized carbons (Fsp3) is 0. The third-order valence-electron chi connectivity index (χ3n) is 3.92. The molecule has 1 aromatic heterocycles. The number of halogens is 2. The first-order valence-corrected chi connectivity index (χ1v) is 8.62. The zero-order valence-corrected chi connectivity index (χ0v) is 15.7. The summed E-state index contributed by atoms with van der Waals surface area (Å²) >= 11 is 12.1. The van der Waals surface area contributed by atoms with Gasteiger partial charge in [-0.15, -0.1) is 0 Å². The summed E-state index contributed by atoms with van der Waals surface area (Å²) in [5.74, 6) is -3.03. The number of para-hydroxylation sites is 1. The van der Waals surface area contributed by atoms with Crippen LogP contribution in [-0.2, 0) is 4.79 Å². The van der Waals surface area contributed by atoms with Crippen molar-refractivity contribution in [2.45, 2.75) is 0 Å². The van der Waals surface area contributed by atoms with E-state index in [1.807, 2.05) is 0 Å². The standard InChI is InChI=1S/C18H11Cl2N3O6/c19-8-6-10(20)15-9(16(18(26)27)22-12(15)7-8)4-5-14(24)21-11-2-1-3-13(17(11)25)23(28)29/h1-7,22,25H,(H,21,24)(H,26,27)/p-1/b5-4+. The molecule has 0 radical (unpaired) electrons. The summed E-state index contributed by atoms with van der Waals surface area (Å²) in [4.78, 5) is 36.3. The van der Waals surface area contributed by atoms with Crippen molar-refractivity contribution in [3.8, 4) is 5.75 Å². The van der Waals surface area contributed by atoms with E-state index in [0.717, 1.165) is 12.1 Å². The summed E-state index contributed by atoms with van der Waals surface area (Å²) in [6.45, 7) is 0. The van der Waals surface area contributed by atoms with Crippen LogP contribution in [0.3, 0.4) is 0 Å². The van der Waals surface area contributed by atoms with Crippen LogP contribution in [0.5, 0.6) is 5.75 Å². The highest BCUT2D eigenvalue weighted by Gasteiger charge is 2.18. The van der Waals surface area contributed by atoms with Crippen LogP contribution >= 0.6 is 23.2 Å². The first-order valence-electron chi connectivity index (χ1n) is 7.86. The fourth-order valence-corrected chi connectivity index (χ4v) is 3.30. The molecule has 1 amide bonds. The van der Waals surface area contributed by atoms with Gasteiger partial charge in [0.25, 0.3) is 5.69 Å². The number of carbonyl (C=O) groups is 2. The van der Waals surface area contributed by atoms with E-state index in [1.54, 1.807) is 0 Å². The number of nitrogens with one attached hydrogen (secondary N) is 2. The number of fused-ring (bicyclic) bond motifs is 1. The van der Waals surface area contributed by atoms with Gasteiger partial charge < -0.3 is 20.5 Å². The largest absolute Gasteiger partial charge is 0.866 e. The predicted molar refractivity (Wildman–Crippen MR) is 105 cm³/mol. The van der Waals surface area contributed by atoms with Crippen LogP contribution in [0.1, 0.15) is 16.1 Å². The number of hydrogen-bond acceptors (Lipinski definition) is 5. The Morgan fingerprint density at radius 2 is 1.97 bits per heavy atom. The van der Waals surface area contributed by atoms with Crippen molar-refractivity contribution >= 4 is 63.4 Å². The number of nitro groups is 1. The Morgan fingerprint density at radius 1 is 1.24 bits per heavy atom. The van der Waals surface area contributed by atoms with E-state index in [1.165, 1.54) is 30.3 Å². The molecule has 3 N–H and O–H groups in total. The lowest BCUT2D eigenvalue weighted by molar-refractivity contribution is -0.397. The first kappa shape index (κ1) is 20.2. The van der Waals surface area contributed by atoms with Crippen LogP contribution in [-0.4, -0.2) is 26.9 Å². The molecular formula is C18H10Cl2N3O6-. The number of hydrogen-bond donors (Lipinski definition) is 3. The van der Waals surface area contributed by atoms with Crippen LogP contribution in [0.25, 0.3) is 17.0 Å². The van der Waals surface area contributed by atoms with E-state index >= 15 is 0 Å². The molecule has 2 aromatic carbocycles. The summed E-state index contributed by atoms with van der Waals surface area (Å²) in [5, 5.41) is 35.3. The molecule has 0 saturated carbocycles. The SMILES string of the molecule is O=C(/C=C/c1c(C(=O)O)[nH]c2cc(Cl)cc(Cl)c12)Nc1cccc([N+](=O)[O-])c1[O-]. The van der Waals surface area contributed by atoms with Gasteiger partial charge in [-0.2, -0.15) is 0 Å². The van der Waals surface area contributed by atoms with Crippen molar-refractivity contribution in [1.82, 2.24) is 4.98 Å². The number of carboxylic acid groups (broad SMARTS) is 1. The molecule has 11 heteroatoms. The topological polar surface area (TPSA) is 148 Å². The summed E-state index contributed by atoms with van der Waals surface area (Å²) in [5.41, 5.74) is -0.685. The minimum Gasteiger partial charge on any atom is -0.866 e. The number of carbonyl (C=O) groups excluding carboxylic acids is 1. The van der Waals surface area contributed by atoms with Crippen LogP contribution in [0.15, 0.2) is 36.4 Å². The Morgan fingerprint density at radius 3 is 2.62 bits per heavy atom. The van der Waals surface area contributed by atoms with Gasteiger partial charge in [-0.05, 0) is 30.0 Å². The smallest absolute Gasteiger partial charge is 0.352 e. The quantitative estimate of drug-likeness (QED) is 0.315. The molecule has 9 nitrogen and oxygen atoms in total. The Labute approximate surface area is 172 Å². The van der Waals surface area contributed by atoms with Crippen LogP contribution < -0.4 is 10.4 Å². The number of carboxylic acids is 1. The number of anilines is 1. The molecule has 0 unspecified atom stereocenters. The van der Waals surface area contributed by atoms with E-state index in [9.17, 15) is 29.9 Å². The van der Waals surface area contributed by atoms with Crippen molar-refractivity contribution in [3.05, 3.63) is 67.8 Å². The lowest BCUT2D eigenvalue weighted by Gasteiger charge is -2.13. The van der Waals surface area contributed by atoms with Gasteiger partial charge in [0.15, 0.2) is 0 Å². The Kier molecular flexibility index (Phi) is 5.44. The van der Waals surface area contributed by atoms with Gasteiger partial charge in [0.2, 0.25) is 5.91 Å². The molecule has 0 aliphatic rings. The van der Waals surface area contributed by atoms with Crippen LogP contribution in [0.4, 0.5) is 11.4 Å². The second kappa shape index (κ2) is 7.82. The van der Waals surface area contributed by atoms with Gasteiger partial charge in [0.05, 0.1) is 9.95 Å². The van der Waals surface area contributed by atoms with Crippen molar-refractivity contribution in [2.24, 2.45) is 0 Å². The molecule has 0 bridgehead atoms. The molecule has 3 rings (SSSR count). The molecule has 0 aliphatic carbocycles. The second-order valence-corrected chi connectivity index (χ2v) is 6.61. The Hall–Kier alpha value is -3.56. The summed E-state index contributed by atoms with van der Waals surface area (Å²) in [7, 11) is 0. The third kappa shape index (κ3) is 4.00. The van der Waals surface area contributed by atoms with Crippen LogP contribution in [0.2, 0.25) is 10.0 Å². The Bertz CT molecular complexity index is 1200. The number of aromatic nitrogens is 1. The lowest BCUT2D eigenvalue weighted by Crippen LogP contribution is -2.11. The van der Waals surface area contributed by atoms with Crippen molar-refractivity contribution in [3.63, 3.8) is 0 Å².